The van der Waals surface area contributed by atoms with Crippen molar-refractivity contribution in [2.75, 3.05) is 7.11 Å². The second kappa shape index (κ2) is 7.16. The average molecular weight is 402 g/mol. The summed E-state index contributed by atoms with van der Waals surface area (Å²) in [5.41, 5.74) is 1.71. The molecule has 10 nitrogen and oxygen atoms in total. The fourth-order valence-corrected chi connectivity index (χ4v) is 3.39. The molecule has 0 spiro atoms. The van der Waals surface area contributed by atoms with Gasteiger partial charge in [-0.15, -0.1) is 10.2 Å². The smallest absolute Gasteiger partial charge is 0.269 e. The third-order valence-electron chi connectivity index (χ3n) is 4.75. The van der Waals surface area contributed by atoms with E-state index >= 15 is 0 Å². The van der Waals surface area contributed by atoms with Gasteiger partial charge in [0.25, 0.3) is 17.3 Å². The van der Waals surface area contributed by atoms with Crippen molar-refractivity contribution in [2.45, 2.75) is 20.0 Å². The van der Waals surface area contributed by atoms with Crippen LogP contribution in [0.5, 0.6) is 0 Å². The van der Waals surface area contributed by atoms with Crippen molar-refractivity contribution in [3.63, 3.8) is 0 Å². The molecule has 0 aliphatic rings. The molecule has 0 atom stereocenters. The minimum Gasteiger partial charge on any atom is -0.377 e. The van der Waals surface area contributed by atoms with Gasteiger partial charge in [0.05, 0.1) is 16.6 Å². The third kappa shape index (κ3) is 2.85. The molecule has 0 fully saturated rings. The number of H-pyrrole nitrogens is 1. The van der Waals surface area contributed by atoms with Gasteiger partial charge in [0.2, 0.25) is 0 Å². The topological polar surface area (TPSA) is 116 Å². The van der Waals surface area contributed by atoms with E-state index in [0.29, 0.717) is 40.4 Å². The molecule has 150 valence electrons. The van der Waals surface area contributed by atoms with Gasteiger partial charge in [0, 0.05) is 25.3 Å². The maximum Gasteiger partial charge on any atom is 0.269 e. The van der Waals surface area contributed by atoms with Gasteiger partial charge in [-0.05, 0) is 6.07 Å². The number of nitrogens with one attached hydrogen (secondary N) is 1. The SMILES string of the molecule is CCc1nc2nc3ccn(-c4n[nH]c(COC)n4)c(=O)c3c(-c3ccccc3)n2n1. The molecule has 0 amide bonds. The first-order valence-corrected chi connectivity index (χ1v) is 9.46. The first-order chi connectivity index (χ1) is 14.7. The van der Waals surface area contributed by atoms with Crippen LogP contribution < -0.4 is 5.56 Å². The van der Waals surface area contributed by atoms with Gasteiger partial charge < -0.3 is 4.74 Å². The van der Waals surface area contributed by atoms with Crippen LogP contribution in [0.25, 0.3) is 33.9 Å². The summed E-state index contributed by atoms with van der Waals surface area (Å²) in [5, 5.41) is 11.9. The lowest BCUT2D eigenvalue weighted by Crippen LogP contribution is -2.21. The van der Waals surface area contributed by atoms with E-state index in [-0.39, 0.29) is 18.1 Å². The van der Waals surface area contributed by atoms with Crippen LogP contribution in [-0.4, -0.2) is 46.4 Å². The molecular weight excluding hydrogens is 384 g/mol. The summed E-state index contributed by atoms with van der Waals surface area (Å²) in [5.74, 6) is 1.88. The Morgan fingerprint density at radius 3 is 2.70 bits per heavy atom. The molecule has 0 radical (unpaired) electrons. The van der Waals surface area contributed by atoms with Crippen LogP contribution in [0.2, 0.25) is 0 Å². The maximum absolute atomic E-state index is 13.5. The number of rotatable bonds is 5. The maximum atomic E-state index is 13.5. The Bertz CT molecular complexity index is 1420. The number of methoxy groups -OCH3 is 1. The highest BCUT2D eigenvalue weighted by atomic mass is 16.5. The van der Waals surface area contributed by atoms with Crippen molar-refractivity contribution in [1.29, 1.82) is 0 Å². The predicted molar refractivity (Wildman–Crippen MR) is 109 cm³/mol. The van der Waals surface area contributed by atoms with Gasteiger partial charge in [-0.3, -0.25) is 9.89 Å². The molecule has 4 aromatic heterocycles. The number of aromatic amines is 1. The number of hydrogen-bond donors (Lipinski definition) is 1. The van der Waals surface area contributed by atoms with Gasteiger partial charge >= 0.3 is 0 Å². The zero-order valence-electron chi connectivity index (χ0n) is 16.4. The number of nitrogens with zero attached hydrogens (tertiary/aromatic N) is 7. The number of aryl methyl sites for hydroxylation is 1. The lowest BCUT2D eigenvalue weighted by molar-refractivity contribution is 0.178. The van der Waals surface area contributed by atoms with Crippen molar-refractivity contribution >= 4 is 16.7 Å². The number of ether oxygens (including phenoxy) is 1. The number of pyridine rings is 1. The van der Waals surface area contributed by atoms with E-state index in [9.17, 15) is 4.79 Å². The summed E-state index contributed by atoms with van der Waals surface area (Å²) in [6, 6.07) is 11.4. The fraction of sp³-hybridized carbons (Fsp3) is 0.200. The molecule has 0 saturated heterocycles. The minimum absolute atomic E-state index is 0.237. The predicted octanol–water partition coefficient (Wildman–Crippen LogP) is 1.92. The monoisotopic (exact) mass is 402 g/mol. The summed E-state index contributed by atoms with van der Waals surface area (Å²) in [6.07, 6.45) is 2.28. The first kappa shape index (κ1) is 18.1. The van der Waals surface area contributed by atoms with Crippen LogP contribution in [-0.2, 0) is 17.8 Å². The molecule has 1 N–H and O–H groups in total. The molecule has 30 heavy (non-hydrogen) atoms. The first-order valence-electron chi connectivity index (χ1n) is 9.46. The van der Waals surface area contributed by atoms with E-state index in [1.165, 1.54) is 4.57 Å². The molecule has 10 heteroatoms. The Morgan fingerprint density at radius 2 is 1.93 bits per heavy atom. The van der Waals surface area contributed by atoms with Crippen molar-refractivity contribution in [2.24, 2.45) is 0 Å². The standard InChI is InChI=1S/C20H18N8O2/c1-3-14-22-19-21-13-9-10-27(20-23-15(11-30-2)24-25-20)18(29)16(13)17(28(19)26-14)12-7-5-4-6-8-12/h4-10H,3,11H2,1-2H3,(H,23,24,25). The third-order valence-corrected chi connectivity index (χ3v) is 4.75. The van der Waals surface area contributed by atoms with E-state index in [1.54, 1.807) is 23.9 Å². The van der Waals surface area contributed by atoms with Crippen LogP contribution in [0.1, 0.15) is 18.6 Å². The lowest BCUT2D eigenvalue weighted by Gasteiger charge is -2.09. The van der Waals surface area contributed by atoms with E-state index in [4.69, 9.17) is 4.74 Å². The van der Waals surface area contributed by atoms with E-state index in [1.807, 2.05) is 37.3 Å². The molecule has 0 bridgehead atoms. The zero-order valence-corrected chi connectivity index (χ0v) is 16.4. The summed E-state index contributed by atoms with van der Waals surface area (Å²) < 4.78 is 8.09. The van der Waals surface area contributed by atoms with E-state index in [2.05, 4.69) is 30.2 Å². The summed E-state index contributed by atoms with van der Waals surface area (Å²) in [7, 11) is 1.57. The molecule has 1 aromatic carbocycles. The Kier molecular flexibility index (Phi) is 4.32. The highest BCUT2D eigenvalue weighted by molar-refractivity contribution is 5.93. The molecule has 4 heterocycles. The summed E-state index contributed by atoms with van der Waals surface area (Å²) in [4.78, 5) is 26.9. The second-order valence-corrected chi connectivity index (χ2v) is 6.69. The fourth-order valence-electron chi connectivity index (χ4n) is 3.39. The van der Waals surface area contributed by atoms with Crippen LogP contribution >= 0.6 is 0 Å². The van der Waals surface area contributed by atoms with Gasteiger partial charge in [0.1, 0.15) is 6.61 Å². The van der Waals surface area contributed by atoms with Gasteiger partial charge in [-0.1, -0.05) is 37.3 Å². The largest absolute Gasteiger partial charge is 0.377 e. The summed E-state index contributed by atoms with van der Waals surface area (Å²) >= 11 is 0. The summed E-state index contributed by atoms with van der Waals surface area (Å²) in [6.45, 7) is 2.25. The lowest BCUT2D eigenvalue weighted by atomic mass is 10.1. The molecule has 5 aromatic rings. The van der Waals surface area contributed by atoms with Crippen LogP contribution in [0.4, 0.5) is 0 Å². The van der Waals surface area contributed by atoms with Crippen molar-refractivity contribution in [3.8, 4) is 17.2 Å². The average Bonchev–Trinajstić information content (AvgIpc) is 3.40. The Hall–Kier alpha value is -3.92. The van der Waals surface area contributed by atoms with Crippen LogP contribution in [0.15, 0.2) is 47.4 Å². The number of hydrogen-bond acceptors (Lipinski definition) is 7. The van der Waals surface area contributed by atoms with E-state index in [0.717, 1.165) is 5.56 Å². The van der Waals surface area contributed by atoms with Crippen molar-refractivity contribution < 1.29 is 4.74 Å². The molecular formula is C20H18N8O2. The number of aromatic nitrogens is 8. The Balaban J connectivity index is 1.85. The van der Waals surface area contributed by atoms with E-state index < -0.39 is 0 Å². The quantitative estimate of drug-likeness (QED) is 0.477. The van der Waals surface area contributed by atoms with Gasteiger partial charge in [-0.2, -0.15) is 14.5 Å². The van der Waals surface area contributed by atoms with Gasteiger partial charge in [-0.25, -0.2) is 9.55 Å². The second-order valence-electron chi connectivity index (χ2n) is 6.69. The Morgan fingerprint density at radius 1 is 1.10 bits per heavy atom. The molecule has 0 aliphatic carbocycles. The highest BCUT2D eigenvalue weighted by Gasteiger charge is 2.19. The highest BCUT2D eigenvalue weighted by Crippen LogP contribution is 2.26. The normalized spacial score (nSPS) is 11.5. The van der Waals surface area contributed by atoms with Crippen LogP contribution in [0, 0.1) is 0 Å². The molecule has 0 aliphatic heterocycles. The van der Waals surface area contributed by atoms with Crippen molar-refractivity contribution in [1.82, 2.24) is 39.3 Å². The Labute approximate surface area is 170 Å². The van der Waals surface area contributed by atoms with Crippen molar-refractivity contribution in [3.05, 3.63) is 64.6 Å². The molecule has 0 saturated carbocycles. The number of fused-ring (bicyclic) bond motifs is 2. The minimum atomic E-state index is -0.294. The zero-order chi connectivity index (χ0) is 20.7. The van der Waals surface area contributed by atoms with Crippen LogP contribution in [0.3, 0.4) is 0 Å². The van der Waals surface area contributed by atoms with Gasteiger partial charge in [0.15, 0.2) is 11.6 Å². The molecule has 5 rings (SSSR count). The molecule has 0 unspecified atom stereocenters. The number of benzene rings is 1.